The van der Waals surface area contributed by atoms with Crippen molar-refractivity contribution in [2.24, 2.45) is 5.41 Å². The summed E-state index contributed by atoms with van der Waals surface area (Å²) in [5, 5.41) is 0. The van der Waals surface area contributed by atoms with E-state index in [1.54, 1.807) is 0 Å². The van der Waals surface area contributed by atoms with E-state index >= 15 is 0 Å². The van der Waals surface area contributed by atoms with Gasteiger partial charge in [0.15, 0.2) is 0 Å². The molecule has 1 aliphatic heterocycles. The van der Waals surface area contributed by atoms with Gasteiger partial charge in [0, 0.05) is 18.5 Å². The first kappa shape index (κ1) is 18.5. The van der Waals surface area contributed by atoms with E-state index in [0.29, 0.717) is 19.1 Å². The van der Waals surface area contributed by atoms with Gasteiger partial charge < -0.3 is 9.64 Å². The Labute approximate surface area is 131 Å². The molecule has 0 saturated carbocycles. The van der Waals surface area contributed by atoms with Gasteiger partial charge in [-0.05, 0) is 12.8 Å². The Morgan fingerprint density at radius 2 is 1.52 bits per heavy atom. The highest BCUT2D eigenvalue weighted by Gasteiger charge is 2.35. The van der Waals surface area contributed by atoms with E-state index in [1.165, 1.54) is 38.5 Å². The standard InChI is InChI=1S/C18H35NO2/c1-4-6-8-9-10-12-18(3,11-7-5-2)17(20)19-13-15-21-16-14-19/h4-16H2,1-3H3. The van der Waals surface area contributed by atoms with Crippen molar-refractivity contribution < 1.29 is 9.53 Å². The Bertz CT molecular complexity index is 287. The van der Waals surface area contributed by atoms with Gasteiger partial charge in [-0.2, -0.15) is 0 Å². The van der Waals surface area contributed by atoms with E-state index in [4.69, 9.17) is 4.74 Å². The van der Waals surface area contributed by atoms with Gasteiger partial charge in [0.1, 0.15) is 0 Å². The molecular weight excluding hydrogens is 262 g/mol. The summed E-state index contributed by atoms with van der Waals surface area (Å²) in [6, 6.07) is 0. The van der Waals surface area contributed by atoms with E-state index in [-0.39, 0.29) is 5.41 Å². The van der Waals surface area contributed by atoms with Crippen molar-refractivity contribution in [1.82, 2.24) is 4.90 Å². The zero-order chi connectivity index (χ0) is 15.6. The van der Waals surface area contributed by atoms with Crippen molar-refractivity contribution in [3.63, 3.8) is 0 Å². The summed E-state index contributed by atoms with van der Waals surface area (Å²) in [6.45, 7) is 9.60. The highest BCUT2D eigenvalue weighted by molar-refractivity contribution is 5.82. The number of morpholine rings is 1. The summed E-state index contributed by atoms with van der Waals surface area (Å²) in [5.74, 6) is 0.370. The molecule has 0 N–H and O–H groups in total. The van der Waals surface area contributed by atoms with Crippen LogP contribution in [0.15, 0.2) is 0 Å². The lowest BCUT2D eigenvalue weighted by atomic mass is 9.78. The Morgan fingerprint density at radius 3 is 2.14 bits per heavy atom. The number of carbonyl (C=O) groups is 1. The van der Waals surface area contributed by atoms with Crippen molar-refractivity contribution in [1.29, 1.82) is 0 Å². The predicted molar refractivity (Wildman–Crippen MR) is 88.4 cm³/mol. The Balaban J connectivity index is 2.51. The molecule has 1 amide bonds. The molecule has 21 heavy (non-hydrogen) atoms. The molecule has 124 valence electrons. The first-order chi connectivity index (χ1) is 10.1. The van der Waals surface area contributed by atoms with E-state index < -0.39 is 0 Å². The largest absolute Gasteiger partial charge is 0.378 e. The molecule has 3 heteroatoms. The molecule has 1 fully saturated rings. The molecule has 0 aromatic rings. The molecule has 0 radical (unpaired) electrons. The lowest BCUT2D eigenvalue weighted by molar-refractivity contribution is -0.146. The van der Waals surface area contributed by atoms with Gasteiger partial charge in [-0.1, -0.05) is 65.7 Å². The van der Waals surface area contributed by atoms with E-state index in [9.17, 15) is 4.79 Å². The van der Waals surface area contributed by atoms with Gasteiger partial charge in [-0.25, -0.2) is 0 Å². The third-order valence-electron chi connectivity index (χ3n) is 4.73. The fourth-order valence-corrected chi connectivity index (χ4v) is 3.17. The smallest absolute Gasteiger partial charge is 0.228 e. The molecule has 1 atom stereocenters. The number of ether oxygens (including phenoxy) is 1. The van der Waals surface area contributed by atoms with E-state index in [1.807, 2.05) is 4.90 Å². The maximum Gasteiger partial charge on any atom is 0.228 e. The van der Waals surface area contributed by atoms with Crippen LogP contribution >= 0.6 is 0 Å². The van der Waals surface area contributed by atoms with Crippen molar-refractivity contribution in [2.75, 3.05) is 26.3 Å². The lowest BCUT2D eigenvalue weighted by Gasteiger charge is -2.36. The first-order valence-corrected chi connectivity index (χ1v) is 9.01. The molecule has 0 aromatic heterocycles. The van der Waals surface area contributed by atoms with Crippen molar-refractivity contribution in [3.8, 4) is 0 Å². The van der Waals surface area contributed by atoms with Crippen LogP contribution in [0.25, 0.3) is 0 Å². The SMILES string of the molecule is CCCCCCCC(C)(CCCC)C(=O)N1CCOCC1. The maximum absolute atomic E-state index is 12.9. The third-order valence-corrected chi connectivity index (χ3v) is 4.73. The second-order valence-corrected chi connectivity index (χ2v) is 6.73. The number of rotatable bonds is 10. The molecule has 1 saturated heterocycles. The summed E-state index contributed by atoms with van der Waals surface area (Å²) in [5.41, 5.74) is -0.153. The van der Waals surface area contributed by atoms with Crippen LogP contribution < -0.4 is 0 Å². The average molecular weight is 297 g/mol. The molecule has 1 heterocycles. The molecule has 0 aliphatic carbocycles. The Kier molecular flexibility index (Phi) is 8.98. The predicted octanol–water partition coefficient (Wildman–Crippen LogP) is 4.40. The van der Waals surface area contributed by atoms with Crippen LogP contribution in [0.3, 0.4) is 0 Å². The van der Waals surface area contributed by atoms with Crippen LogP contribution in [0.4, 0.5) is 0 Å². The number of carbonyl (C=O) groups excluding carboxylic acids is 1. The van der Waals surface area contributed by atoms with Gasteiger partial charge in [-0.15, -0.1) is 0 Å². The topological polar surface area (TPSA) is 29.5 Å². The fraction of sp³-hybridized carbons (Fsp3) is 0.944. The summed E-state index contributed by atoms with van der Waals surface area (Å²) in [4.78, 5) is 14.9. The number of hydrogen-bond donors (Lipinski definition) is 0. The molecule has 0 bridgehead atoms. The number of hydrogen-bond acceptors (Lipinski definition) is 2. The molecule has 0 aromatic carbocycles. The molecule has 1 unspecified atom stereocenters. The molecule has 0 spiro atoms. The zero-order valence-electron chi connectivity index (χ0n) is 14.5. The minimum atomic E-state index is -0.153. The third kappa shape index (κ3) is 6.37. The first-order valence-electron chi connectivity index (χ1n) is 9.01. The van der Waals surface area contributed by atoms with E-state index in [0.717, 1.165) is 32.4 Å². The highest BCUT2D eigenvalue weighted by atomic mass is 16.5. The van der Waals surface area contributed by atoms with Crippen LogP contribution in [-0.4, -0.2) is 37.1 Å². The minimum Gasteiger partial charge on any atom is -0.378 e. The van der Waals surface area contributed by atoms with Crippen LogP contribution in [0.5, 0.6) is 0 Å². The number of amides is 1. The lowest BCUT2D eigenvalue weighted by Crippen LogP contribution is -2.47. The van der Waals surface area contributed by atoms with E-state index in [2.05, 4.69) is 20.8 Å². The average Bonchev–Trinajstić information content (AvgIpc) is 2.53. The zero-order valence-corrected chi connectivity index (χ0v) is 14.5. The molecular formula is C18H35NO2. The van der Waals surface area contributed by atoms with Crippen molar-refractivity contribution >= 4 is 5.91 Å². The van der Waals surface area contributed by atoms with Gasteiger partial charge in [0.05, 0.1) is 13.2 Å². The van der Waals surface area contributed by atoms with Crippen LogP contribution in [0.1, 0.15) is 78.6 Å². The monoisotopic (exact) mass is 297 g/mol. The summed E-state index contributed by atoms with van der Waals surface area (Å²) < 4.78 is 5.38. The van der Waals surface area contributed by atoms with Gasteiger partial charge in [-0.3, -0.25) is 4.79 Å². The molecule has 1 rings (SSSR count). The summed E-state index contributed by atoms with van der Waals surface area (Å²) in [7, 11) is 0. The normalized spacial score (nSPS) is 18.5. The molecule has 3 nitrogen and oxygen atoms in total. The number of nitrogens with zero attached hydrogens (tertiary/aromatic N) is 1. The van der Waals surface area contributed by atoms with Gasteiger partial charge in [0.25, 0.3) is 0 Å². The van der Waals surface area contributed by atoms with Crippen LogP contribution in [0, 0.1) is 5.41 Å². The van der Waals surface area contributed by atoms with Crippen LogP contribution in [0.2, 0.25) is 0 Å². The second kappa shape index (κ2) is 10.2. The van der Waals surface area contributed by atoms with Crippen LogP contribution in [-0.2, 0) is 9.53 Å². The van der Waals surface area contributed by atoms with Gasteiger partial charge in [0.2, 0.25) is 5.91 Å². The van der Waals surface area contributed by atoms with Crippen molar-refractivity contribution in [3.05, 3.63) is 0 Å². The minimum absolute atomic E-state index is 0.153. The maximum atomic E-state index is 12.9. The Hall–Kier alpha value is -0.570. The molecule has 1 aliphatic rings. The van der Waals surface area contributed by atoms with Crippen molar-refractivity contribution in [2.45, 2.75) is 78.6 Å². The number of unbranched alkanes of at least 4 members (excludes halogenated alkanes) is 5. The quantitative estimate of drug-likeness (QED) is 0.559. The Morgan fingerprint density at radius 1 is 0.952 bits per heavy atom. The summed E-state index contributed by atoms with van der Waals surface area (Å²) >= 11 is 0. The fourth-order valence-electron chi connectivity index (χ4n) is 3.17. The highest BCUT2D eigenvalue weighted by Crippen LogP contribution is 2.33. The second-order valence-electron chi connectivity index (χ2n) is 6.73. The summed E-state index contributed by atoms with van der Waals surface area (Å²) in [6.07, 6.45) is 10.8. The van der Waals surface area contributed by atoms with Gasteiger partial charge >= 0.3 is 0 Å².